The minimum Gasteiger partial charge on any atom is -0.494 e. The van der Waals surface area contributed by atoms with Crippen LogP contribution in [0.25, 0.3) is 11.1 Å². The van der Waals surface area contributed by atoms with E-state index in [9.17, 15) is 0 Å². The molecule has 1 aliphatic rings. The second kappa shape index (κ2) is 18.2. The van der Waals surface area contributed by atoms with Crippen LogP contribution in [0.5, 0.6) is 5.75 Å². The van der Waals surface area contributed by atoms with Gasteiger partial charge in [-0.3, -0.25) is 0 Å². The molecular formula is C34H50O3. The Kier molecular flexibility index (Phi) is 14.5. The van der Waals surface area contributed by atoms with Crippen LogP contribution in [0.4, 0.5) is 0 Å². The highest BCUT2D eigenvalue weighted by Crippen LogP contribution is 2.30. The molecule has 0 aromatic heterocycles. The van der Waals surface area contributed by atoms with Gasteiger partial charge in [0.25, 0.3) is 0 Å². The highest BCUT2D eigenvalue weighted by atomic mass is 16.7. The molecule has 3 nitrogen and oxygen atoms in total. The zero-order valence-corrected chi connectivity index (χ0v) is 23.3. The fourth-order valence-corrected chi connectivity index (χ4v) is 4.98. The van der Waals surface area contributed by atoms with Crippen LogP contribution in [0, 0.1) is 5.92 Å². The lowest BCUT2D eigenvalue weighted by atomic mass is 10.0. The molecule has 204 valence electrons. The number of benzene rings is 2. The number of unbranched alkanes of at least 4 members (excludes halogenated alkanes) is 11. The molecule has 0 amide bonds. The molecule has 3 heteroatoms. The van der Waals surface area contributed by atoms with Crippen molar-refractivity contribution in [1.82, 2.24) is 0 Å². The van der Waals surface area contributed by atoms with Crippen molar-refractivity contribution in [1.29, 1.82) is 0 Å². The molecule has 0 radical (unpaired) electrons. The van der Waals surface area contributed by atoms with E-state index in [1.807, 2.05) is 6.08 Å². The van der Waals surface area contributed by atoms with Crippen LogP contribution in [-0.4, -0.2) is 19.8 Å². The number of rotatable bonds is 19. The van der Waals surface area contributed by atoms with E-state index in [4.69, 9.17) is 14.2 Å². The molecule has 1 fully saturated rings. The van der Waals surface area contributed by atoms with Crippen LogP contribution in [-0.2, 0) is 9.47 Å². The van der Waals surface area contributed by atoms with Gasteiger partial charge in [0.15, 0.2) is 6.29 Å². The van der Waals surface area contributed by atoms with Gasteiger partial charge in [0.2, 0.25) is 0 Å². The zero-order valence-electron chi connectivity index (χ0n) is 23.3. The number of hydrogen-bond donors (Lipinski definition) is 0. The maximum atomic E-state index is 6.06. The topological polar surface area (TPSA) is 27.7 Å². The summed E-state index contributed by atoms with van der Waals surface area (Å²) in [6.45, 7) is 8.45. The molecule has 0 N–H and O–H groups in total. The van der Waals surface area contributed by atoms with Gasteiger partial charge in [-0.2, -0.15) is 0 Å². The molecule has 1 heterocycles. The number of allylic oxidation sites excluding steroid dienone is 1. The van der Waals surface area contributed by atoms with Crippen molar-refractivity contribution in [3.63, 3.8) is 0 Å². The zero-order chi connectivity index (χ0) is 26.0. The molecule has 0 bridgehead atoms. The quantitative estimate of drug-likeness (QED) is 0.140. The van der Waals surface area contributed by atoms with Crippen LogP contribution in [0.3, 0.4) is 0 Å². The van der Waals surface area contributed by atoms with Gasteiger partial charge in [0.1, 0.15) is 5.75 Å². The Morgan fingerprint density at radius 2 is 1.30 bits per heavy atom. The van der Waals surface area contributed by atoms with E-state index in [0.717, 1.165) is 44.0 Å². The molecule has 0 unspecified atom stereocenters. The molecule has 3 rings (SSSR count). The second-order valence-electron chi connectivity index (χ2n) is 10.6. The lowest BCUT2D eigenvalue weighted by molar-refractivity contribution is -0.206. The third-order valence-corrected chi connectivity index (χ3v) is 7.37. The standard InChI is InChI=1S/C34H50O3/c1-3-5-7-9-10-11-12-14-16-26-35-33-24-22-31(23-25-33)30-18-20-32(21-19-30)34-36-27-29(28-37-34)17-15-13-8-6-4-2/h3,18-25,29,34H,1,4-17,26-28H2,2H3. The summed E-state index contributed by atoms with van der Waals surface area (Å²) in [5.41, 5.74) is 3.50. The van der Waals surface area contributed by atoms with Crippen molar-refractivity contribution in [2.75, 3.05) is 19.8 Å². The summed E-state index contributed by atoms with van der Waals surface area (Å²) >= 11 is 0. The number of hydrogen-bond acceptors (Lipinski definition) is 3. The Hall–Kier alpha value is -2.10. The Balaban J connectivity index is 1.31. The van der Waals surface area contributed by atoms with Gasteiger partial charge in [-0.05, 0) is 48.9 Å². The highest BCUT2D eigenvalue weighted by molar-refractivity contribution is 5.64. The summed E-state index contributed by atoms with van der Waals surface area (Å²) < 4.78 is 18.1. The minimum absolute atomic E-state index is 0.238. The smallest absolute Gasteiger partial charge is 0.183 e. The van der Waals surface area contributed by atoms with Crippen LogP contribution in [0.2, 0.25) is 0 Å². The largest absolute Gasteiger partial charge is 0.494 e. The Morgan fingerprint density at radius 1 is 0.730 bits per heavy atom. The summed E-state index contributed by atoms with van der Waals surface area (Å²) in [7, 11) is 0. The summed E-state index contributed by atoms with van der Waals surface area (Å²) in [6, 6.07) is 17.0. The van der Waals surface area contributed by atoms with Gasteiger partial charge in [-0.25, -0.2) is 0 Å². The molecule has 2 aromatic carbocycles. The molecule has 0 atom stereocenters. The van der Waals surface area contributed by atoms with Crippen molar-refractivity contribution in [2.45, 2.75) is 103 Å². The first-order valence-corrected chi connectivity index (χ1v) is 15.0. The van der Waals surface area contributed by atoms with E-state index in [2.05, 4.69) is 62.0 Å². The van der Waals surface area contributed by atoms with E-state index < -0.39 is 0 Å². The monoisotopic (exact) mass is 506 g/mol. The fourth-order valence-electron chi connectivity index (χ4n) is 4.98. The predicted octanol–water partition coefficient (Wildman–Crippen LogP) is 10.1. The lowest BCUT2D eigenvalue weighted by Crippen LogP contribution is -2.27. The van der Waals surface area contributed by atoms with E-state index in [1.165, 1.54) is 88.2 Å². The van der Waals surface area contributed by atoms with Gasteiger partial charge in [-0.1, -0.05) is 114 Å². The van der Waals surface area contributed by atoms with Gasteiger partial charge in [0.05, 0.1) is 19.8 Å². The van der Waals surface area contributed by atoms with Crippen molar-refractivity contribution >= 4 is 0 Å². The molecule has 1 saturated heterocycles. The van der Waals surface area contributed by atoms with Gasteiger partial charge < -0.3 is 14.2 Å². The molecule has 37 heavy (non-hydrogen) atoms. The maximum absolute atomic E-state index is 6.06. The van der Waals surface area contributed by atoms with Crippen molar-refractivity contribution in [2.24, 2.45) is 5.92 Å². The first kappa shape index (κ1) is 29.5. The fraction of sp³-hybridized carbons (Fsp3) is 0.588. The molecule has 0 saturated carbocycles. The van der Waals surface area contributed by atoms with Crippen molar-refractivity contribution < 1.29 is 14.2 Å². The summed E-state index contributed by atoms with van der Waals surface area (Å²) in [6.07, 6.45) is 19.8. The highest BCUT2D eigenvalue weighted by Gasteiger charge is 2.23. The van der Waals surface area contributed by atoms with E-state index >= 15 is 0 Å². The molecular weight excluding hydrogens is 456 g/mol. The van der Waals surface area contributed by atoms with Gasteiger partial charge in [-0.15, -0.1) is 6.58 Å². The predicted molar refractivity (Wildman–Crippen MR) is 156 cm³/mol. The van der Waals surface area contributed by atoms with Crippen molar-refractivity contribution in [3.8, 4) is 16.9 Å². The van der Waals surface area contributed by atoms with Crippen LogP contribution in [0.15, 0.2) is 61.2 Å². The van der Waals surface area contributed by atoms with Gasteiger partial charge in [0, 0.05) is 11.5 Å². The summed E-state index contributed by atoms with van der Waals surface area (Å²) in [4.78, 5) is 0. The minimum atomic E-state index is -0.238. The maximum Gasteiger partial charge on any atom is 0.183 e. The van der Waals surface area contributed by atoms with E-state index in [0.29, 0.717) is 5.92 Å². The third kappa shape index (κ3) is 11.4. The van der Waals surface area contributed by atoms with E-state index in [-0.39, 0.29) is 6.29 Å². The molecule has 0 spiro atoms. The van der Waals surface area contributed by atoms with E-state index in [1.54, 1.807) is 0 Å². The third-order valence-electron chi connectivity index (χ3n) is 7.37. The molecule has 2 aromatic rings. The number of ether oxygens (including phenoxy) is 3. The first-order chi connectivity index (χ1) is 18.3. The summed E-state index contributed by atoms with van der Waals surface area (Å²) in [5.74, 6) is 1.49. The van der Waals surface area contributed by atoms with Crippen LogP contribution < -0.4 is 4.74 Å². The first-order valence-electron chi connectivity index (χ1n) is 15.0. The van der Waals surface area contributed by atoms with Crippen LogP contribution >= 0.6 is 0 Å². The molecule has 1 aliphatic heterocycles. The lowest BCUT2D eigenvalue weighted by Gasteiger charge is -2.29. The Bertz CT molecular complexity index is 834. The summed E-state index contributed by atoms with van der Waals surface area (Å²) in [5, 5.41) is 0. The second-order valence-corrected chi connectivity index (χ2v) is 10.6. The Morgan fingerprint density at radius 3 is 1.95 bits per heavy atom. The molecule has 0 aliphatic carbocycles. The SMILES string of the molecule is C=CCCCCCCCCCOc1ccc(-c2ccc(C3OCC(CCCCCCC)CO3)cc2)cc1. The van der Waals surface area contributed by atoms with Gasteiger partial charge >= 0.3 is 0 Å². The average molecular weight is 507 g/mol. The van der Waals surface area contributed by atoms with Crippen molar-refractivity contribution in [3.05, 3.63) is 66.7 Å². The normalized spacial score (nSPS) is 17.5. The van der Waals surface area contributed by atoms with Crippen LogP contribution in [0.1, 0.15) is 109 Å². The Labute approximate surface area is 226 Å². The average Bonchev–Trinajstić information content (AvgIpc) is 2.95.